The molecule has 1 aromatic carbocycles. The molecule has 1 fully saturated rings. The fourth-order valence-corrected chi connectivity index (χ4v) is 4.05. The summed E-state index contributed by atoms with van der Waals surface area (Å²) in [5, 5.41) is 3.76. The fourth-order valence-electron chi connectivity index (χ4n) is 2.86. The van der Waals surface area contributed by atoms with Crippen LogP contribution < -0.4 is 5.32 Å². The molecular weight excluding hydrogens is 214 g/mol. The molecule has 2 aliphatic rings. The summed E-state index contributed by atoms with van der Waals surface area (Å²) in [5.41, 5.74) is 1.52. The maximum absolute atomic E-state index is 3.76. The minimum Gasteiger partial charge on any atom is -0.309 e. The SMILES string of the molecule is c1ccc2c(c1)SCC2NCC1CCCC1. The second-order valence-corrected chi connectivity index (χ2v) is 6.02. The van der Waals surface area contributed by atoms with E-state index in [0.717, 1.165) is 5.92 Å². The van der Waals surface area contributed by atoms with Crippen molar-refractivity contribution < 1.29 is 0 Å². The average Bonchev–Trinajstić information content (AvgIpc) is 2.96. The van der Waals surface area contributed by atoms with Gasteiger partial charge in [0, 0.05) is 16.7 Å². The summed E-state index contributed by atoms with van der Waals surface area (Å²) >= 11 is 2.00. The molecule has 0 radical (unpaired) electrons. The van der Waals surface area contributed by atoms with Gasteiger partial charge in [0.25, 0.3) is 0 Å². The smallest absolute Gasteiger partial charge is 0.0426 e. The van der Waals surface area contributed by atoms with Crippen LogP contribution in [0.5, 0.6) is 0 Å². The number of hydrogen-bond acceptors (Lipinski definition) is 2. The molecule has 0 aromatic heterocycles. The van der Waals surface area contributed by atoms with Gasteiger partial charge >= 0.3 is 0 Å². The van der Waals surface area contributed by atoms with E-state index in [1.165, 1.54) is 48.4 Å². The molecule has 1 aliphatic carbocycles. The molecule has 1 heterocycles. The summed E-state index contributed by atoms with van der Waals surface area (Å²) in [6.45, 7) is 1.22. The van der Waals surface area contributed by atoms with Gasteiger partial charge in [0.2, 0.25) is 0 Å². The molecule has 0 spiro atoms. The third-order valence-corrected chi connectivity index (χ3v) is 5.01. The van der Waals surface area contributed by atoms with Crippen molar-refractivity contribution in [1.29, 1.82) is 0 Å². The van der Waals surface area contributed by atoms with E-state index in [9.17, 15) is 0 Å². The van der Waals surface area contributed by atoms with Crippen molar-refractivity contribution in [3.05, 3.63) is 29.8 Å². The normalized spacial score (nSPS) is 24.9. The first-order valence-electron chi connectivity index (χ1n) is 6.38. The number of hydrogen-bond donors (Lipinski definition) is 1. The van der Waals surface area contributed by atoms with Gasteiger partial charge in [-0.1, -0.05) is 31.0 Å². The van der Waals surface area contributed by atoms with Gasteiger partial charge in [-0.15, -0.1) is 11.8 Å². The molecule has 1 unspecified atom stereocenters. The molecule has 3 rings (SSSR count). The van der Waals surface area contributed by atoms with Crippen LogP contribution in [-0.2, 0) is 0 Å². The summed E-state index contributed by atoms with van der Waals surface area (Å²) in [7, 11) is 0. The molecule has 0 amide bonds. The minimum absolute atomic E-state index is 0.599. The number of nitrogens with one attached hydrogen (secondary N) is 1. The van der Waals surface area contributed by atoms with Gasteiger partial charge in [0.15, 0.2) is 0 Å². The number of benzene rings is 1. The molecule has 1 atom stereocenters. The second kappa shape index (κ2) is 4.80. The standard InChI is InChI=1S/C14H19NS/c1-2-6-11(5-1)9-15-13-10-16-14-8-4-3-7-12(13)14/h3-4,7-8,11,13,15H,1-2,5-6,9-10H2. The summed E-state index contributed by atoms with van der Waals surface area (Å²) in [5.74, 6) is 2.16. The van der Waals surface area contributed by atoms with Crippen molar-refractivity contribution in [1.82, 2.24) is 5.32 Å². The van der Waals surface area contributed by atoms with E-state index in [0.29, 0.717) is 6.04 Å². The summed E-state index contributed by atoms with van der Waals surface area (Å²) < 4.78 is 0. The van der Waals surface area contributed by atoms with Crippen molar-refractivity contribution in [3.8, 4) is 0 Å². The highest BCUT2D eigenvalue weighted by Gasteiger charge is 2.23. The molecule has 0 saturated heterocycles. The summed E-state index contributed by atoms with van der Waals surface area (Å²) in [6.07, 6.45) is 5.77. The number of thioether (sulfide) groups is 1. The zero-order valence-electron chi connectivity index (χ0n) is 9.61. The Morgan fingerprint density at radius 3 is 2.88 bits per heavy atom. The van der Waals surface area contributed by atoms with E-state index in [4.69, 9.17) is 0 Å². The van der Waals surface area contributed by atoms with Crippen LogP contribution >= 0.6 is 11.8 Å². The van der Waals surface area contributed by atoms with Gasteiger partial charge in [-0.05, 0) is 36.9 Å². The van der Waals surface area contributed by atoms with Crippen LogP contribution in [0.25, 0.3) is 0 Å². The van der Waals surface area contributed by atoms with Gasteiger partial charge in [0.1, 0.15) is 0 Å². The van der Waals surface area contributed by atoms with Crippen molar-refractivity contribution >= 4 is 11.8 Å². The van der Waals surface area contributed by atoms with Crippen molar-refractivity contribution in [2.24, 2.45) is 5.92 Å². The van der Waals surface area contributed by atoms with E-state index in [2.05, 4.69) is 29.6 Å². The van der Waals surface area contributed by atoms with Crippen LogP contribution in [0.15, 0.2) is 29.2 Å². The van der Waals surface area contributed by atoms with Gasteiger partial charge in [-0.2, -0.15) is 0 Å². The average molecular weight is 233 g/mol. The van der Waals surface area contributed by atoms with Crippen molar-refractivity contribution in [2.75, 3.05) is 12.3 Å². The molecule has 1 nitrogen and oxygen atoms in total. The van der Waals surface area contributed by atoms with Crippen LogP contribution in [0, 0.1) is 5.92 Å². The fraction of sp³-hybridized carbons (Fsp3) is 0.571. The number of fused-ring (bicyclic) bond motifs is 1. The Bertz CT molecular complexity index is 358. The highest BCUT2D eigenvalue weighted by atomic mass is 32.2. The van der Waals surface area contributed by atoms with Crippen LogP contribution in [0.3, 0.4) is 0 Å². The molecule has 86 valence electrons. The third kappa shape index (κ3) is 2.14. The lowest BCUT2D eigenvalue weighted by atomic mass is 10.1. The largest absolute Gasteiger partial charge is 0.309 e. The Morgan fingerprint density at radius 2 is 2.00 bits per heavy atom. The highest BCUT2D eigenvalue weighted by Crippen LogP contribution is 2.38. The quantitative estimate of drug-likeness (QED) is 0.856. The molecule has 1 saturated carbocycles. The first-order valence-corrected chi connectivity index (χ1v) is 7.37. The Kier molecular flexibility index (Phi) is 3.20. The van der Waals surface area contributed by atoms with Gasteiger partial charge in [0.05, 0.1) is 0 Å². The molecule has 1 aromatic rings. The lowest BCUT2D eigenvalue weighted by Crippen LogP contribution is -2.26. The second-order valence-electron chi connectivity index (χ2n) is 4.96. The maximum atomic E-state index is 3.76. The maximum Gasteiger partial charge on any atom is 0.0426 e. The van der Waals surface area contributed by atoms with Crippen molar-refractivity contribution in [3.63, 3.8) is 0 Å². The summed E-state index contributed by atoms with van der Waals surface area (Å²) in [6, 6.07) is 9.43. The molecule has 2 heteroatoms. The van der Waals surface area contributed by atoms with Crippen LogP contribution in [0.4, 0.5) is 0 Å². The van der Waals surface area contributed by atoms with E-state index in [1.54, 1.807) is 0 Å². The monoisotopic (exact) mass is 233 g/mol. The molecular formula is C14H19NS. The Hall–Kier alpha value is -0.470. The van der Waals surface area contributed by atoms with Crippen LogP contribution in [0.2, 0.25) is 0 Å². The molecule has 16 heavy (non-hydrogen) atoms. The zero-order chi connectivity index (χ0) is 10.8. The van der Waals surface area contributed by atoms with E-state index in [-0.39, 0.29) is 0 Å². The van der Waals surface area contributed by atoms with Crippen LogP contribution in [0.1, 0.15) is 37.3 Å². The molecule has 0 bridgehead atoms. The van der Waals surface area contributed by atoms with Gasteiger partial charge in [-0.3, -0.25) is 0 Å². The predicted octanol–water partition coefficient (Wildman–Crippen LogP) is 3.61. The van der Waals surface area contributed by atoms with Gasteiger partial charge < -0.3 is 5.32 Å². The predicted molar refractivity (Wildman–Crippen MR) is 69.9 cm³/mol. The molecule has 1 N–H and O–H groups in total. The minimum atomic E-state index is 0.599. The summed E-state index contributed by atoms with van der Waals surface area (Å²) in [4.78, 5) is 1.48. The third-order valence-electron chi connectivity index (χ3n) is 3.83. The zero-order valence-corrected chi connectivity index (χ0v) is 10.4. The Labute approximate surface area is 102 Å². The van der Waals surface area contributed by atoms with Crippen molar-refractivity contribution in [2.45, 2.75) is 36.6 Å². The first kappa shape index (κ1) is 10.7. The lowest BCUT2D eigenvalue weighted by Gasteiger charge is -2.16. The van der Waals surface area contributed by atoms with E-state index in [1.807, 2.05) is 11.8 Å². The molecule has 1 aliphatic heterocycles. The number of rotatable bonds is 3. The first-order chi connectivity index (χ1) is 7.93. The Balaban J connectivity index is 1.60. The van der Waals surface area contributed by atoms with Gasteiger partial charge in [-0.25, -0.2) is 0 Å². The van der Waals surface area contributed by atoms with E-state index >= 15 is 0 Å². The van der Waals surface area contributed by atoms with Crippen LogP contribution in [-0.4, -0.2) is 12.3 Å². The Morgan fingerprint density at radius 1 is 1.19 bits per heavy atom. The lowest BCUT2D eigenvalue weighted by molar-refractivity contribution is 0.456. The topological polar surface area (TPSA) is 12.0 Å². The highest BCUT2D eigenvalue weighted by molar-refractivity contribution is 7.99. The van der Waals surface area contributed by atoms with E-state index < -0.39 is 0 Å².